The molecule has 162 valence electrons. The molecule has 0 aliphatic carbocycles. The largest absolute Gasteiger partial charge is 0.497 e. The van der Waals surface area contributed by atoms with Crippen LogP contribution in [-0.2, 0) is 21.1 Å². The Hall–Kier alpha value is -2.38. The number of hydrogen-bond donors (Lipinski definition) is 0. The lowest BCUT2D eigenvalue weighted by molar-refractivity contribution is -0.133. The van der Waals surface area contributed by atoms with E-state index in [0.29, 0.717) is 44.9 Å². The number of sulfone groups is 1. The third-order valence-electron chi connectivity index (χ3n) is 5.50. The Morgan fingerprint density at radius 1 is 1.00 bits per heavy atom. The number of amides is 1. The number of aryl methyl sites for hydroxylation is 1. The molecular formula is C23H30N2O4S. The van der Waals surface area contributed by atoms with Gasteiger partial charge in [-0.2, -0.15) is 0 Å². The van der Waals surface area contributed by atoms with Crippen LogP contribution in [0.4, 0.5) is 0 Å². The lowest BCUT2D eigenvalue weighted by Gasteiger charge is -2.34. The van der Waals surface area contributed by atoms with Gasteiger partial charge in [0.2, 0.25) is 5.91 Å². The van der Waals surface area contributed by atoms with E-state index in [9.17, 15) is 13.2 Å². The van der Waals surface area contributed by atoms with Crippen molar-refractivity contribution in [1.29, 1.82) is 0 Å². The van der Waals surface area contributed by atoms with Gasteiger partial charge >= 0.3 is 0 Å². The zero-order chi connectivity index (χ0) is 21.4. The van der Waals surface area contributed by atoms with Gasteiger partial charge in [0.15, 0.2) is 9.84 Å². The average molecular weight is 431 g/mol. The highest BCUT2D eigenvalue weighted by Crippen LogP contribution is 2.18. The fourth-order valence-electron chi connectivity index (χ4n) is 3.63. The minimum Gasteiger partial charge on any atom is -0.497 e. The molecule has 0 N–H and O–H groups in total. The molecule has 0 unspecified atom stereocenters. The van der Waals surface area contributed by atoms with E-state index in [-0.39, 0.29) is 16.6 Å². The van der Waals surface area contributed by atoms with E-state index in [1.54, 1.807) is 24.3 Å². The van der Waals surface area contributed by atoms with Gasteiger partial charge in [-0.25, -0.2) is 8.42 Å². The first-order valence-electron chi connectivity index (χ1n) is 10.4. The van der Waals surface area contributed by atoms with Crippen LogP contribution >= 0.6 is 0 Å². The smallest absolute Gasteiger partial charge is 0.222 e. The minimum atomic E-state index is -3.36. The monoisotopic (exact) mass is 430 g/mol. The minimum absolute atomic E-state index is 0.0607. The van der Waals surface area contributed by atoms with Gasteiger partial charge < -0.3 is 9.64 Å². The third kappa shape index (κ3) is 6.31. The van der Waals surface area contributed by atoms with Crippen molar-refractivity contribution in [3.63, 3.8) is 0 Å². The first-order valence-corrected chi connectivity index (χ1v) is 12.0. The van der Waals surface area contributed by atoms with E-state index in [0.717, 1.165) is 12.8 Å². The van der Waals surface area contributed by atoms with Crippen molar-refractivity contribution >= 4 is 15.7 Å². The molecule has 2 aromatic rings. The summed E-state index contributed by atoms with van der Waals surface area (Å²) < 4.78 is 30.3. The average Bonchev–Trinajstić information content (AvgIpc) is 2.79. The number of nitrogens with zero attached hydrogens (tertiary/aromatic N) is 2. The fraction of sp³-hybridized carbons (Fsp3) is 0.435. The summed E-state index contributed by atoms with van der Waals surface area (Å²) >= 11 is 0. The van der Waals surface area contributed by atoms with Crippen LogP contribution in [0.3, 0.4) is 0 Å². The molecule has 7 heteroatoms. The molecular weight excluding hydrogens is 400 g/mol. The van der Waals surface area contributed by atoms with E-state index in [1.807, 2.05) is 23.1 Å². The summed E-state index contributed by atoms with van der Waals surface area (Å²) in [5.41, 5.74) is 1.26. The summed E-state index contributed by atoms with van der Waals surface area (Å²) in [5, 5.41) is 0. The molecule has 1 amide bonds. The van der Waals surface area contributed by atoms with Gasteiger partial charge in [0.05, 0.1) is 17.8 Å². The summed E-state index contributed by atoms with van der Waals surface area (Å²) in [6, 6.07) is 16.8. The molecule has 0 spiro atoms. The summed E-state index contributed by atoms with van der Waals surface area (Å²) in [6.07, 6.45) is 2.32. The first-order chi connectivity index (χ1) is 14.5. The lowest BCUT2D eigenvalue weighted by Crippen LogP contribution is -2.49. The maximum absolute atomic E-state index is 12.6. The van der Waals surface area contributed by atoms with Gasteiger partial charge in [-0.1, -0.05) is 36.4 Å². The summed E-state index contributed by atoms with van der Waals surface area (Å²) in [4.78, 5) is 16.8. The molecule has 2 aromatic carbocycles. The van der Waals surface area contributed by atoms with Gasteiger partial charge in [0.25, 0.3) is 0 Å². The Labute approximate surface area is 179 Å². The third-order valence-corrected chi connectivity index (χ3v) is 7.19. The number of carbonyl (C=O) groups is 1. The van der Waals surface area contributed by atoms with Crippen molar-refractivity contribution in [1.82, 2.24) is 9.80 Å². The van der Waals surface area contributed by atoms with Crippen LogP contribution in [0.15, 0.2) is 59.5 Å². The second-order valence-corrected chi connectivity index (χ2v) is 9.67. The number of piperazine rings is 1. The van der Waals surface area contributed by atoms with Crippen molar-refractivity contribution in [2.45, 2.75) is 24.2 Å². The zero-order valence-electron chi connectivity index (χ0n) is 17.5. The normalized spacial score (nSPS) is 15.2. The molecule has 0 saturated carbocycles. The van der Waals surface area contributed by atoms with Gasteiger partial charge in [0.1, 0.15) is 5.75 Å². The fourth-order valence-corrected chi connectivity index (χ4v) is 4.95. The van der Waals surface area contributed by atoms with Gasteiger partial charge in [-0.05, 0) is 36.6 Å². The van der Waals surface area contributed by atoms with E-state index >= 15 is 0 Å². The van der Waals surface area contributed by atoms with E-state index in [4.69, 9.17) is 4.74 Å². The standard InChI is InChI=1S/C23H30N2O4S/c1-29-21-10-6-11-22(19-21)30(27,28)18-17-24-13-15-25(16-14-24)23(26)12-5-9-20-7-3-2-4-8-20/h2-4,6-8,10-11,19H,5,9,12-18H2,1H3. The van der Waals surface area contributed by atoms with Crippen molar-refractivity contribution in [3.8, 4) is 5.75 Å². The Morgan fingerprint density at radius 2 is 1.73 bits per heavy atom. The van der Waals surface area contributed by atoms with Crippen LogP contribution < -0.4 is 4.74 Å². The first kappa shape index (κ1) is 22.3. The molecule has 1 aliphatic heterocycles. The SMILES string of the molecule is COc1cccc(S(=O)(=O)CCN2CCN(C(=O)CCCc3ccccc3)CC2)c1. The molecule has 30 heavy (non-hydrogen) atoms. The van der Waals surface area contributed by atoms with E-state index < -0.39 is 9.84 Å². The van der Waals surface area contributed by atoms with Crippen LogP contribution in [-0.4, -0.2) is 69.7 Å². The quantitative estimate of drug-likeness (QED) is 0.612. The molecule has 1 saturated heterocycles. The van der Waals surface area contributed by atoms with Crippen molar-refractivity contribution in [2.24, 2.45) is 0 Å². The van der Waals surface area contributed by atoms with Gasteiger partial charge in [0, 0.05) is 39.1 Å². The predicted octanol–water partition coefficient (Wildman–Crippen LogP) is 2.64. The highest BCUT2D eigenvalue weighted by atomic mass is 32.2. The van der Waals surface area contributed by atoms with E-state index in [2.05, 4.69) is 17.0 Å². The molecule has 1 heterocycles. The molecule has 3 rings (SSSR count). The number of methoxy groups -OCH3 is 1. The number of rotatable bonds is 9. The highest BCUT2D eigenvalue weighted by molar-refractivity contribution is 7.91. The van der Waals surface area contributed by atoms with Crippen molar-refractivity contribution in [2.75, 3.05) is 45.6 Å². The predicted molar refractivity (Wildman–Crippen MR) is 117 cm³/mol. The van der Waals surface area contributed by atoms with Crippen LogP contribution in [0.2, 0.25) is 0 Å². The Morgan fingerprint density at radius 3 is 2.43 bits per heavy atom. The number of carbonyl (C=O) groups excluding carboxylic acids is 1. The second-order valence-electron chi connectivity index (χ2n) is 7.56. The van der Waals surface area contributed by atoms with Crippen LogP contribution in [0, 0.1) is 0 Å². The topological polar surface area (TPSA) is 66.9 Å². The van der Waals surface area contributed by atoms with Crippen LogP contribution in [0.25, 0.3) is 0 Å². The summed E-state index contributed by atoms with van der Waals surface area (Å²) in [7, 11) is -1.84. The summed E-state index contributed by atoms with van der Waals surface area (Å²) in [6.45, 7) is 3.19. The molecule has 0 radical (unpaired) electrons. The van der Waals surface area contributed by atoms with Gasteiger partial charge in [-0.15, -0.1) is 0 Å². The van der Waals surface area contributed by atoms with Crippen LogP contribution in [0.5, 0.6) is 5.75 Å². The molecule has 1 fully saturated rings. The second kappa shape index (κ2) is 10.6. The number of hydrogen-bond acceptors (Lipinski definition) is 5. The lowest BCUT2D eigenvalue weighted by atomic mass is 10.1. The Bertz CT molecular complexity index is 923. The number of ether oxygens (including phenoxy) is 1. The highest BCUT2D eigenvalue weighted by Gasteiger charge is 2.23. The Kier molecular flexibility index (Phi) is 7.87. The van der Waals surface area contributed by atoms with Crippen LogP contribution in [0.1, 0.15) is 18.4 Å². The summed E-state index contributed by atoms with van der Waals surface area (Å²) in [5.74, 6) is 0.788. The molecule has 1 aliphatic rings. The van der Waals surface area contributed by atoms with Crippen molar-refractivity contribution < 1.29 is 17.9 Å². The van der Waals surface area contributed by atoms with Gasteiger partial charge in [-0.3, -0.25) is 9.69 Å². The number of benzene rings is 2. The molecule has 0 atom stereocenters. The zero-order valence-corrected chi connectivity index (χ0v) is 18.3. The van der Waals surface area contributed by atoms with Crippen molar-refractivity contribution in [3.05, 3.63) is 60.2 Å². The maximum Gasteiger partial charge on any atom is 0.222 e. The molecule has 0 aromatic heterocycles. The maximum atomic E-state index is 12.6. The van der Waals surface area contributed by atoms with E-state index in [1.165, 1.54) is 12.7 Å². The molecule has 6 nitrogen and oxygen atoms in total. The Balaban J connectivity index is 1.40. The molecule has 0 bridgehead atoms.